The van der Waals surface area contributed by atoms with E-state index in [-0.39, 0.29) is 5.54 Å². The van der Waals surface area contributed by atoms with Gasteiger partial charge in [-0.3, -0.25) is 0 Å². The number of carbonyl (C=O) groups excluding carboxylic acids is 1. The lowest BCUT2D eigenvalue weighted by Crippen LogP contribution is -2.58. The second-order valence-corrected chi connectivity index (χ2v) is 12.7. The van der Waals surface area contributed by atoms with Crippen molar-refractivity contribution in [1.82, 2.24) is 0 Å². The third kappa shape index (κ3) is 2.78. The van der Waals surface area contributed by atoms with E-state index < -0.39 is 25.8 Å². The van der Waals surface area contributed by atoms with E-state index in [4.69, 9.17) is 4.74 Å². The minimum atomic E-state index is -5.03. The van der Waals surface area contributed by atoms with Crippen molar-refractivity contribution in [3.63, 3.8) is 0 Å². The Morgan fingerprint density at radius 1 is 1.00 bits per heavy atom. The fourth-order valence-electron chi connectivity index (χ4n) is 3.84. The van der Waals surface area contributed by atoms with Crippen LogP contribution in [0.1, 0.15) is 22.2 Å². The topological polar surface area (TPSA) is 26.3 Å². The first-order valence-corrected chi connectivity index (χ1v) is 11.6. The van der Waals surface area contributed by atoms with Crippen LogP contribution in [0.5, 0.6) is 0 Å². The van der Waals surface area contributed by atoms with Gasteiger partial charge in [-0.15, -0.1) is 0 Å². The first-order valence-electron chi connectivity index (χ1n) is 8.03. The molecule has 0 N–H and O–H groups in total. The largest absolute Gasteiger partial charge is 0.490 e. The molecule has 0 radical (unpaired) electrons. The predicted octanol–water partition coefficient (Wildman–Crippen LogP) is 5.01. The van der Waals surface area contributed by atoms with Gasteiger partial charge in [-0.1, -0.05) is 74.2 Å². The summed E-state index contributed by atoms with van der Waals surface area (Å²) in [5, 5.41) is 0. The zero-order valence-corrected chi connectivity index (χ0v) is 15.2. The average Bonchev–Trinajstić information content (AvgIpc) is 2.51. The Labute approximate surface area is 145 Å². The van der Waals surface area contributed by atoms with Crippen molar-refractivity contribution in [2.45, 2.75) is 37.0 Å². The van der Waals surface area contributed by atoms with Crippen molar-refractivity contribution in [2.24, 2.45) is 0 Å². The molecule has 6 heteroatoms. The number of halogens is 3. The van der Waals surface area contributed by atoms with Crippen LogP contribution in [-0.4, -0.2) is 20.2 Å². The molecule has 0 bridgehead atoms. The summed E-state index contributed by atoms with van der Waals surface area (Å²) < 4.78 is 44.2. The molecule has 25 heavy (non-hydrogen) atoms. The average molecular weight is 364 g/mol. The second kappa shape index (κ2) is 5.73. The van der Waals surface area contributed by atoms with Crippen molar-refractivity contribution >= 4 is 14.0 Å². The van der Waals surface area contributed by atoms with E-state index in [1.807, 2.05) is 12.1 Å². The Kier molecular flexibility index (Phi) is 4.06. The Morgan fingerprint density at radius 3 is 2.12 bits per heavy atom. The van der Waals surface area contributed by atoms with Crippen molar-refractivity contribution in [3.05, 3.63) is 71.3 Å². The molecule has 0 aliphatic heterocycles. The standard InChI is InChI=1S/C19H19F3O2Si/c1-25(2,3)16-14-11-7-8-12-15(14)18(16,13-9-5-4-6-10-13)24-17(23)19(20,21)22/h4-12,16H,1-3H3/t16-,18+/m0/s1. The highest BCUT2D eigenvalue weighted by atomic mass is 28.3. The van der Waals surface area contributed by atoms with Gasteiger partial charge in [-0.2, -0.15) is 13.2 Å². The number of alkyl halides is 3. The van der Waals surface area contributed by atoms with Crippen LogP contribution in [-0.2, 0) is 15.1 Å². The first kappa shape index (κ1) is 17.7. The molecule has 0 fully saturated rings. The van der Waals surface area contributed by atoms with Gasteiger partial charge in [-0.25, -0.2) is 4.79 Å². The first-order chi connectivity index (χ1) is 11.6. The van der Waals surface area contributed by atoms with Crippen molar-refractivity contribution in [1.29, 1.82) is 0 Å². The number of ether oxygens (including phenoxy) is 1. The monoisotopic (exact) mass is 364 g/mol. The van der Waals surface area contributed by atoms with Crippen LogP contribution in [0.4, 0.5) is 13.2 Å². The summed E-state index contributed by atoms with van der Waals surface area (Å²) >= 11 is 0. The van der Waals surface area contributed by atoms with E-state index in [9.17, 15) is 18.0 Å². The van der Waals surface area contributed by atoms with Gasteiger partial charge in [0, 0.05) is 16.7 Å². The maximum Gasteiger partial charge on any atom is 0.490 e. The molecule has 0 spiro atoms. The Hall–Kier alpha value is -2.08. The quantitative estimate of drug-likeness (QED) is 0.565. The molecule has 2 nitrogen and oxygen atoms in total. The number of hydrogen-bond donors (Lipinski definition) is 0. The number of fused-ring (bicyclic) bond motifs is 1. The maximum atomic E-state index is 13.0. The molecule has 1 aliphatic rings. The van der Waals surface area contributed by atoms with E-state index in [1.54, 1.807) is 42.5 Å². The molecule has 0 unspecified atom stereocenters. The van der Waals surface area contributed by atoms with E-state index in [0.29, 0.717) is 11.1 Å². The van der Waals surface area contributed by atoms with E-state index in [0.717, 1.165) is 5.56 Å². The number of hydrogen-bond acceptors (Lipinski definition) is 2. The summed E-state index contributed by atoms with van der Waals surface area (Å²) in [6.07, 6.45) is -5.03. The normalized spacial score (nSPS) is 22.7. The third-order valence-electron chi connectivity index (χ3n) is 4.63. The van der Waals surface area contributed by atoms with Crippen molar-refractivity contribution < 1.29 is 22.7 Å². The van der Waals surface area contributed by atoms with Crippen LogP contribution in [0.25, 0.3) is 0 Å². The van der Waals surface area contributed by atoms with Gasteiger partial charge < -0.3 is 4.74 Å². The Balaban J connectivity index is 2.23. The Bertz CT molecular complexity index is 796. The lowest BCUT2D eigenvalue weighted by molar-refractivity contribution is -0.214. The summed E-state index contributed by atoms with van der Waals surface area (Å²) in [5.41, 5.74) is 0.574. The molecule has 132 valence electrons. The van der Waals surface area contributed by atoms with Crippen LogP contribution < -0.4 is 0 Å². The van der Waals surface area contributed by atoms with Crippen LogP contribution in [0.3, 0.4) is 0 Å². The number of rotatable bonds is 3. The van der Waals surface area contributed by atoms with Gasteiger partial charge in [0.25, 0.3) is 0 Å². The second-order valence-electron chi connectivity index (χ2n) is 7.38. The van der Waals surface area contributed by atoms with Gasteiger partial charge in [0.15, 0.2) is 5.60 Å². The Morgan fingerprint density at radius 2 is 1.56 bits per heavy atom. The molecule has 0 saturated heterocycles. The summed E-state index contributed by atoms with van der Waals surface area (Å²) in [6.45, 7) is 6.23. The van der Waals surface area contributed by atoms with Crippen LogP contribution in [0.15, 0.2) is 54.6 Å². The van der Waals surface area contributed by atoms with Gasteiger partial charge in [-0.05, 0) is 5.56 Å². The third-order valence-corrected chi connectivity index (χ3v) is 7.08. The molecule has 3 rings (SSSR count). The summed E-state index contributed by atoms with van der Waals surface area (Å²) in [7, 11) is -2.01. The SMILES string of the molecule is C[Si](C)(C)[C@H]1c2ccccc2[C@]1(OC(=O)C(F)(F)F)c1ccccc1. The molecule has 0 saturated carbocycles. The van der Waals surface area contributed by atoms with Gasteiger partial charge in [0.05, 0.1) is 8.07 Å². The molecule has 2 atom stereocenters. The minimum absolute atomic E-state index is 0.245. The maximum absolute atomic E-state index is 13.0. The molecule has 2 aromatic carbocycles. The molecule has 0 heterocycles. The van der Waals surface area contributed by atoms with Crippen molar-refractivity contribution in [3.8, 4) is 0 Å². The van der Waals surface area contributed by atoms with E-state index in [1.165, 1.54) is 0 Å². The highest BCUT2D eigenvalue weighted by Gasteiger charge is 2.62. The zero-order valence-electron chi connectivity index (χ0n) is 14.2. The predicted molar refractivity (Wildman–Crippen MR) is 91.9 cm³/mol. The molecular formula is C19H19F3O2Si. The van der Waals surface area contributed by atoms with E-state index in [2.05, 4.69) is 19.6 Å². The van der Waals surface area contributed by atoms with Crippen LogP contribution in [0, 0.1) is 0 Å². The van der Waals surface area contributed by atoms with Gasteiger partial charge in [0.1, 0.15) is 0 Å². The smallest absolute Gasteiger partial charge is 0.442 e. The lowest BCUT2D eigenvalue weighted by atomic mass is 9.68. The summed E-state index contributed by atoms with van der Waals surface area (Å²) in [5.74, 6) is -2.14. The fourth-order valence-corrected chi connectivity index (χ4v) is 6.63. The van der Waals surface area contributed by atoms with Crippen LogP contribution in [0.2, 0.25) is 19.6 Å². The number of carbonyl (C=O) groups is 1. The zero-order chi connectivity index (χ0) is 18.5. The van der Waals surface area contributed by atoms with Crippen molar-refractivity contribution in [2.75, 3.05) is 0 Å². The summed E-state index contributed by atoms with van der Waals surface area (Å²) in [4.78, 5) is 11.8. The molecular weight excluding hydrogens is 345 g/mol. The molecule has 1 aliphatic carbocycles. The highest BCUT2D eigenvalue weighted by molar-refractivity contribution is 6.78. The van der Waals surface area contributed by atoms with Gasteiger partial charge >= 0.3 is 12.1 Å². The molecule has 2 aromatic rings. The van der Waals surface area contributed by atoms with E-state index >= 15 is 0 Å². The van der Waals surface area contributed by atoms with Crippen LogP contribution >= 0.6 is 0 Å². The molecule has 0 amide bonds. The lowest BCUT2D eigenvalue weighted by Gasteiger charge is -2.55. The highest BCUT2D eigenvalue weighted by Crippen LogP contribution is 2.60. The summed E-state index contributed by atoms with van der Waals surface area (Å²) in [6, 6.07) is 16.0. The van der Waals surface area contributed by atoms with Gasteiger partial charge in [0.2, 0.25) is 0 Å². The number of benzene rings is 2. The molecule has 0 aromatic heterocycles. The minimum Gasteiger partial charge on any atom is -0.442 e. The fraction of sp³-hybridized carbons (Fsp3) is 0.316. The number of esters is 1.